The fraction of sp³-hybridized carbons (Fsp3) is 0.692. The summed E-state index contributed by atoms with van der Waals surface area (Å²) in [4.78, 5) is 22.9. The average Bonchev–Trinajstić information content (AvgIpc) is 2.30. The van der Waals surface area contributed by atoms with Crippen molar-refractivity contribution in [3.8, 4) is 0 Å². The van der Waals surface area contributed by atoms with Crippen LogP contribution in [0.25, 0.3) is 0 Å². The standard InChI is InChI=1S/C13H21NO4/c1-3-4-6-13(11(17)18)7-5-9(14)12(2,8-13)10(15)16/h5H,3-4,6-8,14H2,1-2H3,(H,15,16)(H,17,18). The minimum atomic E-state index is -1.27. The van der Waals surface area contributed by atoms with Gasteiger partial charge in [0.1, 0.15) is 5.41 Å². The van der Waals surface area contributed by atoms with E-state index in [9.17, 15) is 19.8 Å². The van der Waals surface area contributed by atoms with Crippen molar-refractivity contribution in [2.24, 2.45) is 16.6 Å². The number of rotatable bonds is 5. The van der Waals surface area contributed by atoms with Crippen molar-refractivity contribution >= 4 is 11.9 Å². The van der Waals surface area contributed by atoms with Gasteiger partial charge in [0.2, 0.25) is 0 Å². The Hall–Kier alpha value is -1.52. The fourth-order valence-electron chi connectivity index (χ4n) is 2.56. The van der Waals surface area contributed by atoms with Crippen LogP contribution in [-0.2, 0) is 9.59 Å². The van der Waals surface area contributed by atoms with Crippen LogP contribution in [0.4, 0.5) is 0 Å². The molecule has 0 saturated carbocycles. The maximum atomic E-state index is 11.5. The molecule has 1 aliphatic rings. The van der Waals surface area contributed by atoms with Gasteiger partial charge in [0.25, 0.3) is 0 Å². The van der Waals surface area contributed by atoms with Gasteiger partial charge in [0.05, 0.1) is 5.41 Å². The van der Waals surface area contributed by atoms with Crippen LogP contribution in [0.15, 0.2) is 11.8 Å². The van der Waals surface area contributed by atoms with E-state index in [0.717, 1.165) is 12.8 Å². The SMILES string of the molecule is CCCCC1(C(=O)O)CC=C(N)C(C)(C(=O)O)C1. The Morgan fingerprint density at radius 3 is 2.44 bits per heavy atom. The molecule has 0 aliphatic heterocycles. The average molecular weight is 255 g/mol. The van der Waals surface area contributed by atoms with Gasteiger partial charge in [0, 0.05) is 5.70 Å². The van der Waals surface area contributed by atoms with Crippen LogP contribution in [0.3, 0.4) is 0 Å². The Balaban J connectivity index is 3.11. The summed E-state index contributed by atoms with van der Waals surface area (Å²) in [5, 5.41) is 18.7. The quantitative estimate of drug-likeness (QED) is 0.697. The number of allylic oxidation sites excluding steroid dienone is 1. The molecule has 0 bridgehead atoms. The zero-order valence-electron chi connectivity index (χ0n) is 10.9. The fourth-order valence-corrected chi connectivity index (χ4v) is 2.56. The molecule has 1 rings (SSSR count). The maximum Gasteiger partial charge on any atom is 0.315 e. The van der Waals surface area contributed by atoms with Crippen molar-refractivity contribution in [2.45, 2.75) is 46.0 Å². The van der Waals surface area contributed by atoms with Crippen LogP contribution < -0.4 is 5.73 Å². The highest BCUT2D eigenvalue weighted by molar-refractivity contribution is 5.82. The molecule has 1 aliphatic carbocycles. The monoisotopic (exact) mass is 255 g/mol. The summed E-state index contributed by atoms with van der Waals surface area (Å²) in [7, 11) is 0. The number of nitrogens with two attached hydrogens (primary N) is 1. The summed E-state index contributed by atoms with van der Waals surface area (Å²) in [5.74, 6) is -1.98. The molecule has 0 aromatic carbocycles. The van der Waals surface area contributed by atoms with Crippen molar-refractivity contribution in [2.75, 3.05) is 0 Å². The van der Waals surface area contributed by atoms with Crippen molar-refractivity contribution in [1.29, 1.82) is 0 Å². The van der Waals surface area contributed by atoms with Gasteiger partial charge >= 0.3 is 11.9 Å². The first-order valence-corrected chi connectivity index (χ1v) is 6.21. The molecule has 0 aromatic rings. The number of carbonyl (C=O) groups is 2. The lowest BCUT2D eigenvalue weighted by atomic mass is 9.63. The number of unbranched alkanes of at least 4 members (excludes halogenated alkanes) is 1. The molecule has 0 spiro atoms. The van der Waals surface area contributed by atoms with Crippen molar-refractivity contribution < 1.29 is 19.8 Å². The van der Waals surface area contributed by atoms with Gasteiger partial charge in [-0.15, -0.1) is 0 Å². The van der Waals surface area contributed by atoms with E-state index < -0.39 is 22.8 Å². The lowest BCUT2D eigenvalue weighted by Crippen LogP contribution is -2.46. The Bertz CT molecular complexity index is 390. The maximum absolute atomic E-state index is 11.5. The van der Waals surface area contributed by atoms with E-state index in [4.69, 9.17) is 5.73 Å². The van der Waals surface area contributed by atoms with Crippen LogP contribution in [0.1, 0.15) is 46.0 Å². The van der Waals surface area contributed by atoms with Crippen LogP contribution in [0.5, 0.6) is 0 Å². The minimum Gasteiger partial charge on any atom is -0.481 e. The second-order valence-corrected chi connectivity index (χ2v) is 5.37. The molecule has 0 saturated heterocycles. The lowest BCUT2D eigenvalue weighted by molar-refractivity contribution is -0.157. The number of carboxylic acids is 2. The third-order valence-corrected chi connectivity index (χ3v) is 3.98. The predicted molar refractivity (Wildman–Crippen MR) is 66.8 cm³/mol. The first-order valence-electron chi connectivity index (χ1n) is 6.21. The second kappa shape index (κ2) is 5.00. The predicted octanol–water partition coefficient (Wildman–Crippen LogP) is 1.97. The normalized spacial score (nSPS) is 31.8. The molecule has 5 nitrogen and oxygen atoms in total. The van der Waals surface area contributed by atoms with Crippen LogP contribution in [0, 0.1) is 10.8 Å². The molecule has 5 heteroatoms. The summed E-state index contributed by atoms with van der Waals surface area (Å²) < 4.78 is 0. The smallest absolute Gasteiger partial charge is 0.315 e. The Morgan fingerprint density at radius 1 is 1.39 bits per heavy atom. The first-order chi connectivity index (χ1) is 8.28. The summed E-state index contributed by atoms with van der Waals surface area (Å²) in [6.07, 6.45) is 4.10. The van der Waals surface area contributed by atoms with Gasteiger partial charge in [0.15, 0.2) is 0 Å². The van der Waals surface area contributed by atoms with Gasteiger partial charge in [-0.2, -0.15) is 0 Å². The summed E-state index contributed by atoms with van der Waals surface area (Å²) in [5.41, 5.74) is 3.75. The molecule has 0 radical (unpaired) electrons. The van der Waals surface area contributed by atoms with Crippen molar-refractivity contribution in [3.63, 3.8) is 0 Å². The van der Waals surface area contributed by atoms with E-state index in [0.29, 0.717) is 12.8 Å². The van der Waals surface area contributed by atoms with Gasteiger partial charge < -0.3 is 15.9 Å². The molecule has 2 atom stereocenters. The van der Waals surface area contributed by atoms with Gasteiger partial charge in [-0.3, -0.25) is 9.59 Å². The minimum absolute atomic E-state index is 0.0625. The third kappa shape index (κ3) is 2.35. The number of hydrogen-bond donors (Lipinski definition) is 3. The summed E-state index contributed by atoms with van der Waals surface area (Å²) in [6, 6.07) is 0. The molecular formula is C13H21NO4. The molecule has 0 fully saturated rings. The highest BCUT2D eigenvalue weighted by Gasteiger charge is 2.51. The third-order valence-electron chi connectivity index (χ3n) is 3.98. The van der Waals surface area contributed by atoms with Gasteiger partial charge in [-0.25, -0.2) is 0 Å². The summed E-state index contributed by atoms with van der Waals surface area (Å²) in [6.45, 7) is 3.49. The van der Waals surface area contributed by atoms with E-state index in [1.165, 1.54) is 6.92 Å². The van der Waals surface area contributed by atoms with Gasteiger partial charge in [-0.05, 0) is 26.2 Å². The van der Waals surface area contributed by atoms with Crippen molar-refractivity contribution in [1.82, 2.24) is 0 Å². The molecule has 0 aromatic heterocycles. The molecule has 4 N–H and O–H groups in total. The number of carboxylic acid groups (broad SMARTS) is 2. The van der Waals surface area contributed by atoms with Crippen LogP contribution in [0.2, 0.25) is 0 Å². The second-order valence-electron chi connectivity index (χ2n) is 5.37. The summed E-state index contributed by atoms with van der Waals surface area (Å²) >= 11 is 0. The van der Waals surface area contributed by atoms with E-state index in [-0.39, 0.29) is 12.1 Å². The van der Waals surface area contributed by atoms with E-state index in [1.807, 2.05) is 6.92 Å². The lowest BCUT2D eigenvalue weighted by Gasteiger charge is -2.40. The molecular weight excluding hydrogens is 234 g/mol. The van der Waals surface area contributed by atoms with E-state index >= 15 is 0 Å². The van der Waals surface area contributed by atoms with Gasteiger partial charge in [-0.1, -0.05) is 25.8 Å². The molecule has 0 amide bonds. The number of aliphatic carboxylic acids is 2. The van der Waals surface area contributed by atoms with Crippen LogP contribution in [-0.4, -0.2) is 22.2 Å². The first kappa shape index (κ1) is 14.5. The zero-order valence-corrected chi connectivity index (χ0v) is 10.9. The number of hydrogen-bond acceptors (Lipinski definition) is 3. The highest BCUT2D eigenvalue weighted by Crippen LogP contribution is 2.48. The highest BCUT2D eigenvalue weighted by atomic mass is 16.4. The largest absolute Gasteiger partial charge is 0.481 e. The Morgan fingerprint density at radius 2 is 2.00 bits per heavy atom. The molecule has 102 valence electrons. The molecule has 18 heavy (non-hydrogen) atoms. The molecule has 0 heterocycles. The molecule has 2 unspecified atom stereocenters. The topological polar surface area (TPSA) is 101 Å². The van der Waals surface area contributed by atoms with Crippen molar-refractivity contribution in [3.05, 3.63) is 11.8 Å². The zero-order chi connectivity index (χ0) is 14.0. The Kier molecular flexibility index (Phi) is 4.04. The Labute approximate surface area is 107 Å². The van der Waals surface area contributed by atoms with E-state index in [2.05, 4.69) is 0 Å². The van der Waals surface area contributed by atoms with E-state index in [1.54, 1.807) is 6.08 Å². The van der Waals surface area contributed by atoms with Crippen LogP contribution >= 0.6 is 0 Å².